The Kier molecular flexibility index (Phi) is 6.79. The summed E-state index contributed by atoms with van der Waals surface area (Å²) in [6.45, 7) is 3.23. The van der Waals surface area contributed by atoms with Crippen molar-refractivity contribution in [2.75, 3.05) is 42.3 Å². The van der Waals surface area contributed by atoms with Crippen molar-refractivity contribution in [1.29, 1.82) is 0 Å². The van der Waals surface area contributed by atoms with E-state index >= 15 is 0 Å². The number of aromatic nitrogens is 1. The van der Waals surface area contributed by atoms with E-state index in [0.717, 1.165) is 0 Å². The molecule has 32 heavy (non-hydrogen) atoms. The number of para-hydroxylation sites is 2. The number of sulfonamides is 1. The zero-order valence-electron chi connectivity index (χ0n) is 17.6. The summed E-state index contributed by atoms with van der Waals surface area (Å²) >= 11 is 1.23. The molecule has 170 valence electrons. The number of hydrogen-bond donors (Lipinski definition) is 1. The first kappa shape index (κ1) is 22.7. The third-order valence-corrected chi connectivity index (χ3v) is 8.10. The van der Waals surface area contributed by atoms with Gasteiger partial charge in [0, 0.05) is 31.7 Å². The predicted molar refractivity (Wildman–Crippen MR) is 121 cm³/mol. The molecule has 1 saturated heterocycles. The molecule has 4 rings (SSSR count). The second kappa shape index (κ2) is 9.57. The van der Waals surface area contributed by atoms with Crippen LogP contribution in [-0.2, 0) is 24.3 Å². The molecule has 0 bridgehead atoms. The zero-order valence-corrected chi connectivity index (χ0v) is 19.2. The maximum atomic E-state index is 13.1. The van der Waals surface area contributed by atoms with E-state index < -0.39 is 10.0 Å². The molecule has 9 nitrogen and oxygen atoms in total. The SMILES string of the molecule is C[C@@H]1CC(=O)Nc2ccccc2N1C(=O)CSc1ccc(S(=O)(=O)N2CCOCC2)cn1. The maximum absolute atomic E-state index is 13.1. The molecular formula is C21H24N4O5S2. The van der Waals surface area contributed by atoms with Crippen LogP contribution >= 0.6 is 11.8 Å². The van der Waals surface area contributed by atoms with E-state index in [4.69, 9.17) is 4.74 Å². The fourth-order valence-corrected chi connectivity index (χ4v) is 5.77. The molecule has 1 aromatic carbocycles. The van der Waals surface area contributed by atoms with Crippen molar-refractivity contribution in [3.05, 3.63) is 42.6 Å². The van der Waals surface area contributed by atoms with Crippen molar-refractivity contribution >= 4 is 45.0 Å². The van der Waals surface area contributed by atoms with Crippen LogP contribution in [0.2, 0.25) is 0 Å². The maximum Gasteiger partial charge on any atom is 0.244 e. The average molecular weight is 477 g/mol. The van der Waals surface area contributed by atoms with Gasteiger partial charge in [0.15, 0.2) is 0 Å². The van der Waals surface area contributed by atoms with Crippen molar-refractivity contribution in [2.45, 2.75) is 29.3 Å². The first-order valence-corrected chi connectivity index (χ1v) is 12.7. The summed E-state index contributed by atoms with van der Waals surface area (Å²) in [5.74, 6) is -0.181. The molecule has 0 unspecified atom stereocenters. The van der Waals surface area contributed by atoms with Crippen LogP contribution in [0.3, 0.4) is 0 Å². The number of fused-ring (bicyclic) bond motifs is 1. The van der Waals surface area contributed by atoms with Crippen molar-refractivity contribution < 1.29 is 22.7 Å². The normalized spacial score (nSPS) is 19.7. The number of rotatable bonds is 5. The standard InChI is InChI=1S/C21H24N4O5S2/c1-15-12-19(26)23-17-4-2-3-5-18(17)25(15)21(27)14-31-20-7-6-16(13-22-20)32(28,29)24-8-10-30-11-9-24/h2-7,13,15H,8-12,14H2,1H3,(H,23,26)/t15-/m1/s1. The van der Waals surface area contributed by atoms with Crippen molar-refractivity contribution in [1.82, 2.24) is 9.29 Å². The van der Waals surface area contributed by atoms with Crippen molar-refractivity contribution in [3.8, 4) is 0 Å². The first-order valence-electron chi connectivity index (χ1n) is 10.2. The van der Waals surface area contributed by atoms with E-state index in [-0.39, 0.29) is 34.9 Å². The lowest BCUT2D eigenvalue weighted by molar-refractivity contribution is -0.117. The van der Waals surface area contributed by atoms with E-state index in [1.165, 1.54) is 28.3 Å². The summed E-state index contributed by atoms with van der Waals surface area (Å²) in [7, 11) is -3.61. The van der Waals surface area contributed by atoms with Gasteiger partial charge in [0.25, 0.3) is 0 Å². The van der Waals surface area contributed by atoms with Gasteiger partial charge in [-0.2, -0.15) is 4.31 Å². The van der Waals surface area contributed by atoms with Gasteiger partial charge >= 0.3 is 0 Å². The Morgan fingerprint density at radius 3 is 2.69 bits per heavy atom. The number of nitrogens with one attached hydrogen (secondary N) is 1. The van der Waals surface area contributed by atoms with Gasteiger partial charge in [0.05, 0.1) is 35.4 Å². The summed E-state index contributed by atoms with van der Waals surface area (Å²) < 4.78 is 32.0. The smallest absolute Gasteiger partial charge is 0.244 e. The molecule has 1 fully saturated rings. The van der Waals surface area contributed by atoms with Gasteiger partial charge in [-0.1, -0.05) is 23.9 Å². The van der Waals surface area contributed by atoms with Crippen LogP contribution < -0.4 is 10.2 Å². The molecule has 11 heteroatoms. The molecule has 3 heterocycles. The molecule has 2 aliphatic rings. The molecule has 2 aromatic rings. The number of nitrogens with zero attached hydrogens (tertiary/aromatic N) is 3. The number of amides is 2. The van der Waals surface area contributed by atoms with Gasteiger partial charge in [-0.15, -0.1) is 0 Å². The summed E-state index contributed by atoms with van der Waals surface area (Å²) in [6.07, 6.45) is 1.53. The van der Waals surface area contributed by atoms with E-state index in [1.54, 1.807) is 17.0 Å². The molecule has 1 aromatic heterocycles. The molecule has 0 aliphatic carbocycles. The molecule has 0 radical (unpaired) electrons. The second-order valence-corrected chi connectivity index (χ2v) is 10.5. The number of ether oxygens (including phenoxy) is 1. The monoisotopic (exact) mass is 476 g/mol. The Labute approximate surface area is 191 Å². The number of carbonyl (C=O) groups excluding carboxylic acids is 2. The number of pyridine rings is 1. The van der Waals surface area contributed by atoms with Crippen LogP contribution in [0.5, 0.6) is 0 Å². The van der Waals surface area contributed by atoms with Gasteiger partial charge in [-0.05, 0) is 31.2 Å². The lowest BCUT2D eigenvalue weighted by Crippen LogP contribution is -2.40. The zero-order chi connectivity index (χ0) is 22.7. The Balaban J connectivity index is 1.44. The largest absolute Gasteiger partial charge is 0.379 e. The molecule has 0 spiro atoms. The van der Waals surface area contributed by atoms with Gasteiger partial charge in [-0.3, -0.25) is 9.59 Å². The Hall–Kier alpha value is -2.47. The summed E-state index contributed by atoms with van der Waals surface area (Å²) in [5, 5.41) is 3.38. The van der Waals surface area contributed by atoms with Gasteiger partial charge in [0.1, 0.15) is 4.90 Å². The molecule has 2 amide bonds. The second-order valence-electron chi connectivity index (χ2n) is 7.52. The number of morpholine rings is 1. The molecular weight excluding hydrogens is 452 g/mol. The highest BCUT2D eigenvalue weighted by molar-refractivity contribution is 7.99. The van der Waals surface area contributed by atoms with E-state index in [0.29, 0.717) is 42.7 Å². The predicted octanol–water partition coefficient (Wildman–Crippen LogP) is 1.96. The average Bonchev–Trinajstić information content (AvgIpc) is 2.92. The topological polar surface area (TPSA) is 109 Å². The summed E-state index contributed by atoms with van der Waals surface area (Å²) in [6, 6.07) is 10.0. The Morgan fingerprint density at radius 1 is 1.22 bits per heavy atom. The minimum atomic E-state index is -3.61. The van der Waals surface area contributed by atoms with Crippen LogP contribution in [0.25, 0.3) is 0 Å². The fraction of sp³-hybridized carbons (Fsp3) is 0.381. The summed E-state index contributed by atoms with van der Waals surface area (Å²) in [4.78, 5) is 31.2. The highest BCUT2D eigenvalue weighted by Crippen LogP contribution is 2.32. The van der Waals surface area contributed by atoms with Crippen LogP contribution in [0.1, 0.15) is 13.3 Å². The third kappa shape index (κ3) is 4.80. The quantitative estimate of drug-likeness (QED) is 0.657. The lowest BCUT2D eigenvalue weighted by Gasteiger charge is -2.27. The van der Waals surface area contributed by atoms with Crippen LogP contribution in [-0.4, -0.2) is 67.6 Å². The molecule has 0 saturated carbocycles. The number of hydrogen-bond acceptors (Lipinski definition) is 7. The van der Waals surface area contributed by atoms with E-state index in [1.807, 2.05) is 25.1 Å². The molecule has 1 atom stereocenters. The van der Waals surface area contributed by atoms with Crippen LogP contribution in [0, 0.1) is 0 Å². The molecule has 2 aliphatic heterocycles. The first-order chi connectivity index (χ1) is 15.4. The van der Waals surface area contributed by atoms with Crippen molar-refractivity contribution in [3.63, 3.8) is 0 Å². The minimum Gasteiger partial charge on any atom is -0.379 e. The summed E-state index contributed by atoms with van der Waals surface area (Å²) in [5.41, 5.74) is 1.27. The van der Waals surface area contributed by atoms with Gasteiger partial charge in [0.2, 0.25) is 21.8 Å². The molecule has 1 N–H and O–H groups in total. The highest BCUT2D eigenvalue weighted by Gasteiger charge is 2.30. The number of carbonyl (C=O) groups is 2. The number of thioether (sulfide) groups is 1. The Morgan fingerprint density at radius 2 is 1.97 bits per heavy atom. The van der Waals surface area contributed by atoms with Crippen LogP contribution in [0.4, 0.5) is 11.4 Å². The lowest BCUT2D eigenvalue weighted by atomic mass is 10.2. The van der Waals surface area contributed by atoms with Gasteiger partial charge in [-0.25, -0.2) is 13.4 Å². The number of anilines is 2. The third-order valence-electron chi connectivity index (χ3n) is 5.29. The fourth-order valence-electron chi connectivity index (χ4n) is 3.71. The highest BCUT2D eigenvalue weighted by atomic mass is 32.2. The Bertz CT molecular complexity index is 1100. The minimum absolute atomic E-state index is 0.107. The van der Waals surface area contributed by atoms with E-state index in [2.05, 4.69) is 10.3 Å². The van der Waals surface area contributed by atoms with E-state index in [9.17, 15) is 18.0 Å². The van der Waals surface area contributed by atoms with Crippen molar-refractivity contribution in [2.24, 2.45) is 0 Å². The van der Waals surface area contributed by atoms with Crippen LogP contribution in [0.15, 0.2) is 52.5 Å². The number of benzene rings is 1. The van der Waals surface area contributed by atoms with Gasteiger partial charge < -0.3 is 15.0 Å².